The molecule has 182 valence electrons. The zero-order chi connectivity index (χ0) is 25.5. The highest BCUT2D eigenvalue weighted by Gasteiger charge is 2.28. The number of carbonyl (C=O) groups excluding carboxylic acids is 2. The molecule has 0 aromatic heterocycles. The first-order chi connectivity index (χ1) is 17.4. The largest absolute Gasteiger partial charge is 0.445 e. The van der Waals surface area contributed by atoms with Crippen LogP contribution in [0.2, 0.25) is 0 Å². The smallest absolute Gasteiger partial charge is 0.339 e. The molecule has 0 saturated carbocycles. The SMILES string of the molecule is CCN(c1ccccc1)S(=O)(=O)c1ccc(C(=O)OC(C(=O)c2ccccc2)c2ccccc2)cc1. The Kier molecular flexibility index (Phi) is 7.61. The zero-order valence-corrected chi connectivity index (χ0v) is 20.5. The van der Waals surface area contributed by atoms with Gasteiger partial charge in [-0.25, -0.2) is 13.2 Å². The Bertz CT molecular complexity index is 1420. The van der Waals surface area contributed by atoms with Gasteiger partial charge in [0.2, 0.25) is 5.78 Å². The minimum absolute atomic E-state index is 0.0460. The summed E-state index contributed by atoms with van der Waals surface area (Å²) in [6.45, 7) is 2.00. The lowest BCUT2D eigenvalue weighted by Crippen LogP contribution is -2.30. The number of nitrogens with zero attached hydrogens (tertiary/aromatic N) is 1. The molecule has 0 fully saturated rings. The summed E-state index contributed by atoms with van der Waals surface area (Å²) in [6.07, 6.45) is -1.14. The number of hydrogen-bond donors (Lipinski definition) is 0. The lowest BCUT2D eigenvalue weighted by Gasteiger charge is -2.23. The third-order valence-corrected chi connectivity index (χ3v) is 7.55. The van der Waals surface area contributed by atoms with Crippen molar-refractivity contribution in [3.8, 4) is 0 Å². The summed E-state index contributed by atoms with van der Waals surface area (Å²) >= 11 is 0. The van der Waals surface area contributed by atoms with E-state index in [-0.39, 0.29) is 22.8 Å². The molecule has 0 radical (unpaired) electrons. The van der Waals surface area contributed by atoms with Crippen LogP contribution >= 0.6 is 0 Å². The molecule has 4 aromatic rings. The first kappa shape index (κ1) is 24.9. The first-order valence-corrected chi connectivity index (χ1v) is 12.9. The van der Waals surface area contributed by atoms with Gasteiger partial charge < -0.3 is 4.74 Å². The van der Waals surface area contributed by atoms with Crippen molar-refractivity contribution in [2.45, 2.75) is 17.9 Å². The number of rotatable bonds is 9. The summed E-state index contributed by atoms with van der Waals surface area (Å²) in [6, 6.07) is 31.7. The van der Waals surface area contributed by atoms with Crippen LogP contribution in [0.15, 0.2) is 120 Å². The summed E-state index contributed by atoms with van der Waals surface area (Å²) < 4.78 is 33.4. The van der Waals surface area contributed by atoms with Crippen LogP contribution in [-0.4, -0.2) is 26.7 Å². The van der Waals surface area contributed by atoms with E-state index in [2.05, 4.69) is 0 Å². The van der Waals surface area contributed by atoms with Crippen molar-refractivity contribution in [3.63, 3.8) is 0 Å². The predicted octanol–water partition coefficient (Wildman–Crippen LogP) is 5.68. The van der Waals surface area contributed by atoms with Gasteiger partial charge in [-0.1, -0.05) is 78.9 Å². The van der Waals surface area contributed by atoms with E-state index < -0.39 is 22.1 Å². The summed E-state index contributed by atoms with van der Waals surface area (Å²) in [5.74, 6) is -1.08. The average Bonchev–Trinajstić information content (AvgIpc) is 2.93. The molecule has 4 aromatic carbocycles. The van der Waals surface area contributed by atoms with Crippen LogP contribution in [0, 0.1) is 0 Å². The molecular weight excluding hydrogens is 474 g/mol. The van der Waals surface area contributed by atoms with Crippen LogP contribution in [0.5, 0.6) is 0 Å². The van der Waals surface area contributed by atoms with Crippen molar-refractivity contribution < 1.29 is 22.7 Å². The number of Topliss-reactive ketones (excluding diaryl/α,β-unsaturated/α-hetero) is 1. The number of esters is 1. The minimum Gasteiger partial charge on any atom is -0.445 e. The second-order valence-corrected chi connectivity index (χ2v) is 9.82. The quantitative estimate of drug-likeness (QED) is 0.219. The fraction of sp³-hybridized carbons (Fsp3) is 0.103. The summed E-state index contributed by atoms with van der Waals surface area (Å²) in [4.78, 5) is 26.2. The normalized spacial score (nSPS) is 11.9. The zero-order valence-electron chi connectivity index (χ0n) is 19.7. The Labute approximate surface area is 210 Å². The average molecular weight is 500 g/mol. The number of ketones is 1. The number of carbonyl (C=O) groups is 2. The second-order valence-electron chi connectivity index (χ2n) is 7.96. The van der Waals surface area contributed by atoms with Crippen LogP contribution in [0.25, 0.3) is 0 Å². The van der Waals surface area contributed by atoms with Crippen LogP contribution in [-0.2, 0) is 14.8 Å². The summed E-state index contributed by atoms with van der Waals surface area (Å²) in [5.41, 5.74) is 1.65. The highest BCUT2D eigenvalue weighted by molar-refractivity contribution is 7.92. The number of anilines is 1. The fourth-order valence-electron chi connectivity index (χ4n) is 3.81. The molecule has 0 aliphatic carbocycles. The highest BCUT2D eigenvalue weighted by Crippen LogP contribution is 2.26. The number of benzene rings is 4. The van der Waals surface area contributed by atoms with E-state index in [0.29, 0.717) is 16.8 Å². The number of ether oxygens (including phenoxy) is 1. The Morgan fingerprint density at radius 3 is 1.81 bits per heavy atom. The van der Waals surface area contributed by atoms with Crippen molar-refractivity contribution in [3.05, 3.63) is 132 Å². The molecule has 0 heterocycles. The predicted molar refractivity (Wildman–Crippen MR) is 138 cm³/mol. The molecule has 1 unspecified atom stereocenters. The molecule has 0 bridgehead atoms. The molecule has 0 amide bonds. The third kappa shape index (κ3) is 5.37. The molecule has 4 rings (SSSR count). The van der Waals surface area contributed by atoms with Crippen LogP contribution < -0.4 is 4.31 Å². The van der Waals surface area contributed by atoms with E-state index in [0.717, 1.165) is 0 Å². The van der Waals surface area contributed by atoms with Crippen LogP contribution in [0.4, 0.5) is 5.69 Å². The lowest BCUT2D eigenvalue weighted by atomic mass is 10.00. The molecule has 0 N–H and O–H groups in total. The molecule has 0 aliphatic heterocycles. The van der Waals surface area contributed by atoms with E-state index in [1.54, 1.807) is 85.8 Å². The van der Waals surface area contributed by atoms with Gasteiger partial charge in [0.25, 0.3) is 10.0 Å². The van der Waals surface area contributed by atoms with E-state index in [4.69, 9.17) is 4.74 Å². The molecule has 1 atom stereocenters. The molecule has 6 nitrogen and oxygen atoms in total. The standard InChI is InChI=1S/C29H25NO5S/c1-2-30(25-16-10-5-11-17-25)36(33,34)26-20-18-24(19-21-26)29(32)35-28(23-14-8-4-9-15-23)27(31)22-12-6-3-7-13-22/h3-21,28H,2H2,1H3. The maximum atomic E-state index is 13.2. The van der Waals surface area contributed by atoms with Gasteiger partial charge >= 0.3 is 5.97 Å². The maximum Gasteiger partial charge on any atom is 0.339 e. The van der Waals surface area contributed by atoms with E-state index >= 15 is 0 Å². The topological polar surface area (TPSA) is 80.8 Å². The van der Waals surface area contributed by atoms with E-state index in [9.17, 15) is 18.0 Å². The Morgan fingerprint density at radius 2 is 1.25 bits per heavy atom. The Balaban J connectivity index is 1.58. The second kappa shape index (κ2) is 11.0. The van der Waals surface area contributed by atoms with Gasteiger partial charge in [-0.3, -0.25) is 9.10 Å². The molecule has 36 heavy (non-hydrogen) atoms. The van der Waals surface area contributed by atoms with Crippen molar-refractivity contribution in [2.75, 3.05) is 10.8 Å². The number of para-hydroxylation sites is 1. The maximum absolute atomic E-state index is 13.2. The van der Waals surface area contributed by atoms with Gasteiger partial charge in [0.05, 0.1) is 16.1 Å². The van der Waals surface area contributed by atoms with Gasteiger partial charge in [0.15, 0.2) is 6.10 Å². The van der Waals surface area contributed by atoms with Gasteiger partial charge in [-0.15, -0.1) is 0 Å². The lowest BCUT2D eigenvalue weighted by molar-refractivity contribution is 0.0280. The Morgan fingerprint density at radius 1 is 0.722 bits per heavy atom. The Hall–Kier alpha value is -4.23. The summed E-state index contributed by atoms with van der Waals surface area (Å²) in [5, 5.41) is 0. The molecule has 0 spiro atoms. The fourth-order valence-corrected chi connectivity index (χ4v) is 5.28. The number of hydrogen-bond acceptors (Lipinski definition) is 5. The van der Waals surface area contributed by atoms with Crippen LogP contribution in [0.3, 0.4) is 0 Å². The van der Waals surface area contributed by atoms with Crippen molar-refractivity contribution in [2.24, 2.45) is 0 Å². The van der Waals surface area contributed by atoms with Gasteiger partial charge in [0, 0.05) is 17.7 Å². The van der Waals surface area contributed by atoms with Crippen LogP contribution in [0.1, 0.15) is 39.3 Å². The van der Waals surface area contributed by atoms with Crippen molar-refractivity contribution >= 4 is 27.5 Å². The van der Waals surface area contributed by atoms with Crippen molar-refractivity contribution in [1.29, 1.82) is 0 Å². The van der Waals surface area contributed by atoms with Crippen molar-refractivity contribution in [1.82, 2.24) is 0 Å². The highest BCUT2D eigenvalue weighted by atomic mass is 32.2. The van der Waals surface area contributed by atoms with Gasteiger partial charge in [-0.2, -0.15) is 0 Å². The molecule has 0 aliphatic rings. The van der Waals surface area contributed by atoms with E-state index in [1.807, 2.05) is 12.1 Å². The summed E-state index contributed by atoms with van der Waals surface area (Å²) in [7, 11) is -3.84. The molecular formula is C29H25NO5S. The van der Waals surface area contributed by atoms with Gasteiger partial charge in [0.1, 0.15) is 0 Å². The monoisotopic (exact) mass is 499 g/mol. The first-order valence-electron chi connectivity index (χ1n) is 11.4. The number of sulfonamides is 1. The third-order valence-electron chi connectivity index (χ3n) is 5.63. The van der Waals surface area contributed by atoms with E-state index in [1.165, 1.54) is 28.6 Å². The molecule has 7 heteroatoms. The minimum atomic E-state index is -3.84. The van der Waals surface area contributed by atoms with Gasteiger partial charge in [-0.05, 0) is 43.3 Å². The molecule has 0 saturated heterocycles.